The average Bonchev–Trinajstić information content (AvgIpc) is 2.92. The van der Waals surface area contributed by atoms with Crippen LogP contribution in [0.5, 0.6) is 5.75 Å². The van der Waals surface area contributed by atoms with Crippen molar-refractivity contribution in [1.82, 2.24) is 9.55 Å². The fourth-order valence-corrected chi connectivity index (χ4v) is 2.51. The third-order valence-electron chi connectivity index (χ3n) is 3.41. The lowest BCUT2D eigenvalue weighted by Gasteiger charge is -2.08. The number of aryl methyl sites for hydroxylation is 1. The SMILES string of the molecule is Clc1ccccc1OCCCCn1cnc2ccccc21. The van der Waals surface area contributed by atoms with E-state index < -0.39 is 0 Å². The quantitative estimate of drug-likeness (QED) is 0.625. The highest BCUT2D eigenvalue weighted by atomic mass is 35.5. The molecule has 0 saturated heterocycles. The maximum absolute atomic E-state index is 6.05. The van der Waals surface area contributed by atoms with E-state index in [-0.39, 0.29) is 0 Å². The number of benzene rings is 2. The molecule has 0 saturated carbocycles. The summed E-state index contributed by atoms with van der Waals surface area (Å²) >= 11 is 6.05. The number of para-hydroxylation sites is 3. The minimum absolute atomic E-state index is 0.665. The maximum atomic E-state index is 6.05. The molecule has 0 spiro atoms. The van der Waals surface area contributed by atoms with Gasteiger partial charge in [-0.3, -0.25) is 0 Å². The topological polar surface area (TPSA) is 27.1 Å². The second-order valence-corrected chi connectivity index (χ2v) is 5.32. The van der Waals surface area contributed by atoms with Crippen LogP contribution in [-0.4, -0.2) is 16.2 Å². The van der Waals surface area contributed by atoms with Gasteiger partial charge in [0.05, 0.1) is 29.0 Å². The van der Waals surface area contributed by atoms with Crippen LogP contribution in [0.4, 0.5) is 0 Å². The van der Waals surface area contributed by atoms with Crippen LogP contribution in [0, 0.1) is 0 Å². The predicted molar refractivity (Wildman–Crippen MR) is 85.9 cm³/mol. The average molecular weight is 301 g/mol. The summed E-state index contributed by atoms with van der Waals surface area (Å²) in [7, 11) is 0. The number of hydrogen-bond acceptors (Lipinski definition) is 2. The van der Waals surface area contributed by atoms with Crippen LogP contribution in [0.3, 0.4) is 0 Å². The van der Waals surface area contributed by atoms with Crippen molar-refractivity contribution in [2.24, 2.45) is 0 Å². The number of nitrogens with zero attached hydrogens (tertiary/aromatic N) is 2. The summed E-state index contributed by atoms with van der Waals surface area (Å²) < 4.78 is 7.87. The number of fused-ring (bicyclic) bond motifs is 1. The van der Waals surface area contributed by atoms with Crippen molar-refractivity contribution >= 4 is 22.6 Å². The molecule has 108 valence electrons. The van der Waals surface area contributed by atoms with Gasteiger partial charge in [0, 0.05) is 6.54 Å². The summed E-state index contributed by atoms with van der Waals surface area (Å²) in [5.74, 6) is 0.757. The number of imidazole rings is 1. The van der Waals surface area contributed by atoms with Gasteiger partial charge in [0.25, 0.3) is 0 Å². The zero-order chi connectivity index (χ0) is 14.5. The van der Waals surface area contributed by atoms with E-state index >= 15 is 0 Å². The van der Waals surface area contributed by atoms with Gasteiger partial charge in [-0.05, 0) is 37.1 Å². The minimum atomic E-state index is 0.665. The maximum Gasteiger partial charge on any atom is 0.137 e. The van der Waals surface area contributed by atoms with Crippen LogP contribution in [-0.2, 0) is 6.54 Å². The number of unbranched alkanes of at least 4 members (excludes halogenated alkanes) is 1. The molecule has 3 rings (SSSR count). The number of hydrogen-bond donors (Lipinski definition) is 0. The Bertz CT molecular complexity index is 723. The zero-order valence-electron chi connectivity index (χ0n) is 11.7. The molecule has 0 aliphatic rings. The lowest BCUT2D eigenvalue weighted by molar-refractivity contribution is 0.303. The van der Waals surface area contributed by atoms with E-state index in [1.54, 1.807) is 0 Å². The highest BCUT2D eigenvalue weighted by molar-refractivity contribution is 6.32. The molecular weight excluding hydrogens is 284 g/mol. The number of rotatable bonds is 6. The Labute approximate surface area is 129 Å². The van der Waals surface area contributed by atoms with Gasteiger partial charge in [0.15, 0.2) is 0 Å². The molecule has 0 radical (unpaired) electrons. The Morgan fingerprint density at radius 2 is 1.81 bits per heavy atom. The van der Waals surface area contributed by atoms with Crippen LogP contribution >= 0.6 is 11.6 Å². The van der Waals surface area contributed by atoms with Crippen molar-refractivity contribution in [3.8, 4) is 5.75 Å². The second kappa shape index (κ2) is 6.64. The highest BCUT2D eigenvalue weighted by Gasteiger charge is 2.02. The molecule has 4 heteroatoms. The molecule has 0 N–H and O–H groups in total. The fourth-order valence-electron chi connectivity index (χ4n) is 2.32. The summed E-state index contributed by atoms with van der Waals surface area (Å²) in [6.07, 6.45) is 3.93. The molecule has 3 nitrogen and oxygen atoms in total. The largest absolute Gasteiger partial charge is 0.492 e. The van der Waals surface area contributed by atoms with E-state index in [9.17, 15) is 0 Å². The van der Waals surface area contributed by atoms with Crippen molar-refractivity contribution in [3.63, 3.8) is 0 Å². The van der Waals surface area contributed by atoms with Gasteiger partial charge in [0.1, 0.15) is 5.75 Å². The highest BCUT2D eigenvalue weighted by Crippen LogP contribution is 2.23. The van der Waals surface area contributed by atoms with Gasteiger partial charge >= 0.3 is 0 Å². The summed E-state index contributed by atoms with van der Waals surface area (Å²) in [5, 5.41) is 0.665. The Balaban J connectivity index is 1.47. The van der Waals surface area contributed by atoms with Crippen LogP contribution in [0.2, 0.25) is 5.02 Å². The normalized spacial score (nSPS) is 10.9. The van der Waals surface area contributed by atoms with Crippen molar-refractivity contribution in [3.05, 3.63) is 59.9 Å². The van der Waals surface area contributed by atoms with E-state index in [2.05, 4.69) is 15.6 Å². The molecule has 0 fully saturated rings. The van der Waals surface area contributed by atoms with Gasteiger partial charge in [-0.2, -0.15) is 0 Å². The smallest absolute Gasteiger partial charge is 0.137 e. The van der Waals surface area contributed by atoms with E-state index in [0.717, 1.165) is 30.7 Å². The lowest BCUT2D eigenvalue weighted by atomic mass is 10.3. The zero-order valence-corrected chi connectivity index (χ0v) is 12.5. The first-order chi connectivity index (χ1) is 10.3. The molecule has 0 amide bonds. The number of aromatic nitrogens is 2. The predicted octanol–water partition coefficient (Wildman–Crippen LogP) is 4.55. The first kappa shape index (κ1) is 14.0. The molecule has 0 atom stereocenters. The van der Waals surface area contributed by atoms with E-state index in [4.69, 9.17) is 16.3 Å². The minimum Gasteiger partial charge on any atom is -0.492 e. The summed E-state index contributed by atoms with van der Waals surface area (Å²) in [5.41, 5.74) is 2.23. The van der Waals surface area contributed by atoms with Crippen LogP contribution in [0.15, 0.2) is 54.9 Å². The summed E-state index contributed by atoms with van der Waals surface area (Å²) in [4.78, 5) is 4.39. The van der Waals surface area contributed by atoms with E-state index in [1.165, 1.54) is 5.52 Å². The molecular formula is C17H17ClN2O. The van der Waals surface area contributed by atoms with Crippen molar-refractivity contribution in [1.29, 1.82) is 0 Å². The van der Waals surface area contributed by atoms with Gasteiger partial charge in [-0.1, -0.05) is 35.9 Å². The fraction of sp³-hybridized carbons (Fsp3) is 0.235. The molecule has 21 heavy (non-hydrogen) atoms. The molecule has 1 aromatic heterocycles. The molecule has 0 unspecified atom stereocenters. The van der Waals surface area contributed by atoms with Crippen molar-refractivity contribution in [2.75, 3.05) is 6.61 Å². The van der Waals surface area contributed by atoms with Crippen LogP contribution < -0.4 is 4.74 Å². The molecule has 0 aliphatic heterocycles. The standard InChI is InChI=1S/C17H17ClN2O/c18-14-7-1-4-10-17(14)21-12-6-5-11-20-13-19-15-8-2-3-9-16(15)20/h1-4,7-10,13H,5-6,11-12H2. The Morgan fingerprint density at radius 1 is 1.00 bits per heavy atom. The van der Waals surface area contributed by atoms with Gasteiger partial charge < -0.3 is 9.30 Å². The Kier molecular flexibility index (Phi) is 4.41. The first-order valence-electron chi connectivity index (χ1n) is 7.12. The van der Waals surface area contributed by atoms with Crippen molar-refractivity contribution < 1.29 is 4.74 Å². The first-order valence-corrected chi connectivity index (χ1v) is 7.49. The molecule has 3 aromatic rings. The molecule has 0 aliphatic carbocycles. The number of halogens is 1. The van der Waals surface area contributed by atoms with Gasteiger partial charge in [-0.25, -0.2) is 4.98 Å². The molecule has 0 bridgehead atoms. The monoisotopic (exact) mass is 300 g/mol. The van der Waals surface area contributed by atoms with Crippen LogP contribution in [0.25, 0.3) is 11.0 Å². The second-order valence-electron chi connectivity index (χ2n) is 4.91. The van der Waals surface area contributed by atoms with Crippen molar-refractivity contribution in [2.45, 2.75) is 19.4 Å². The van der Waals surface area contributed by atoms with Gasteiger partial charge in [0.2, 0.25) is 0 Å². The molecule has 1 heterocycles. The third kappa shape index (κ3) is 3.37. The van der Waals surface area contributed by atoms with E-state index in [1.807, 2.05) is 48.8 Å². The van der Waals surface area contributed by atoms with Crippen LogP contribution in [0.1, 0.15) is 12.8 Å². The lowest BCUT2D eigenvalue weighted by Crippen LogP contribution is -2.01. The van der Waals surface area contributed by atoms with E-state index in [0.29, 0.717) is 11.6 Å². The Morgan fingerprint density at radius 3 is 2.71 bits per heavy atom. The van der Waals surface area contributed by atoms with Gasteiger partial charge in [-0.15, -0.1) is 0 Å². The molecule has 2 aromatic carbocycles. The Hall–Kier alpha value is -2.00. The summed E-state index contributed by atoms with van der Waals surface area (Å²) in [6.45, 7) is 1.63. The summed E-state index contributed by atoms with van der Waals surface area (Å²) in [6, 6.07) is 15.8. The third-order valence-corrected chi connectivity index (χ3v) is 3.73. The number of ether oxygens (including phenoxy) is 1.